The van der Waals surface area contributed by atoms with Crippen molar-refractivity contribution >= 4 is 44.4 Å². The van der Waals surface area contributed by atoms with Crippen LogP contribution >= 0.6 is 34.3 Å². The Hall–Kier alpha value is -0.830. The molecule has 3 heteroatoms. The molecular formula is C18H17ClS2. The van der Waals surface area contributed by atoms with Gasteiger partial charge in [-0.25, -0.2) is 0 Å². The Balaban J connectivity index is 1.73. The highest BCUT2D eigenvalue weighted by molar-refractivity contribution is 7.17. The zero-order valence-corrected chi connectivity index (χ0v) is 14.2. The maximum atomic E-state index is 6.83. The minimum atomic E-state index is -0.00178. The largest absolute Gasteiger partial charge is 0.143 e. The number of rotatable bonds is 2. The van der Waals surface area contributed by atoms with E-state index in [-0.39, 0.29) is 5.38 Å². The first-order valence-electron chi connectivity index (χ1n) is 7.54. The quantitative estimate of drug-likeness (QED) is 0.368. The molecule has 0 spiro atoms. The molecule has 0 saturated carbocycles. The van der Waals surface area contributed by atoms with E-state index in [1.807, 2.05) is 11.3 Å². The van der Waals surface area contributed by atoms with Crippen LogP contribution in [0.25, 0.3) is 10.1 Å². The fraction of sp³-hybridized carbons (Fsp3) is 0.333. The summed E-state index contributed by atoms with van der Waals surface area (Å²) in [6, 6.07) is 10.9. The molecule has 1 aliphatic carbocycles. The SMILES string of the molecule is ClC(c1cc2c(s1)CCCCC2)c1csc2ccccc12. The fourth-order valence-corrected chi connectivity index (χ4v) is 5.86. The minimum absolute atomic E-state index is 0.00178. The molecule has 0 fully saturated rings. The number of benzene rings is 1. The van der Waals surface area contributed by atoms with Gasteiger partial charge in [0.25, 0.3) is 0 Å². The van der Waals surface area contributed by atoms with E-state index in [0.717, 1.165) is 0 Å². The molecule has 0 N–H and O–H groups in total. The maximum Gasteiger partial charge on any atom is 0.0941 e. The average Bonchev–Trinajstić information content (AvgIpc) is 3.05. The normalized spacial score (nSPS) is 16.6. The van der Waals surface area contributed by atoms with Crippen LogP contribution in [0.4, 0.5) is 0 Å². The van der Waals surface area contributed by atoms with Gasteiger partial charge >= 0.3 is 0 Å². The van der Waals surface area contributed by atoms with Crippen LogP contribution in [0.1, 0.15) is 45.5 Å². The van der Waals surface area contributed by atoms with Gasteiger partial charge in [0.1, 0.15) is 0 Å². The van der Waals surface area contributed by atoms with Crippen LogP contribution in [-0.4, -0.2) is 0 Å². The third-order valence-electron chi connectivity index (χ3n) is 4.30. The molecule has 108 valence electrons. The fourth-order valence-electron chi connectivity index (χ4n) is 3.16. The molecule has 0 radical (unpaired) electrons. The summed E-state index contributed by atoms with van der Waals surface area (Å²) in [7, 11) is 0. The van der Waals surface area contributed by atoms with Crippen molar-refractivity contribution in [1.82, 2.24) is 0 Å². The van der Waals surface area contributed by atoms with E-state index in [9.17, 15) is 0 Å². The lowest BCUT2D eigenvalue weighted by molar-refractivity contribution is 0.712. The van der Waals surface area contributed by atoms with E-state index in [1.165, 1.54) is 52.6 Å². The average molecular weight is 333 g/mol. The number of thiophene rings is 2. The number of hydrogen-bond acceptors (Lipinski definition) is 2. The van der Waals surface area contributed by atoms with Gasteiger partial charge < -0.3 is 0 Å². The minimum Gasteiger partial charge on any atom is -0.143 e. The Labute approximate surface area is 138 Å². The monoisotopic (exact) mass is 332 g/mol. The van der Waals surface area contributed by atoms with Gasteiger partial charge in [-0.05, 0) is 59.7 Å². The molecule has 1 unspecified atom stereocenters. The summed E-state index contributed by atoms with van der Waals surface area (Å²) in [6.07, 6.45) is 6.52. The summed E-state index contributed by atoms with van der Waals surface area (Å²) in [5, 5.41) is 3.54. The third-order valence-corrected chi connectivity index (χ3v) is 7.18. The van der Waals surface area contributed by atoms with Gasteiger partial charge in [0.2, 0.25) is 0 Å². The Bertz CT molecular complexity index is 745. The van der Waals surface area contributed by atoms with Crippen LogP contribution in [0.15, 0.2) is 35.7 Å². The number of hydrogen-bond donors (Lipinski definition) is 0. The van der Waals surface area contributed by atoms with E-state index in [4.69, 9.17) is 11.6 Å². The first-order valence-corrected chi connectivity index (χ1v) is 9.68. The predicted molar refractivity (Wildman–Crippen MR) is 95.1 cm³/mol. The lowest BCUT2D eigenvalue weighted by Gasteiger charge is -2.06. The highest BCUT2D eigenvalue weighted by Gasteiger charge is 2.20. The van der Waals surface area contributed by atoms with Crippen molar-refractivity contribution in [2.75, 3.05) is 0 Å². The van der Waals surface area contributed by atoms with Gasteiger partial charge in [-0.15, -0.1) is 34.3 Å². The molecule has 3 aromatic rings. The molecule has 4 rings (SSSR count). The smallest absolute Gasteiger partial charge is 0.0941 e. The summed E-state index contributed by atoms with van der Waals surface area (Å²) in [6.45, 7) is 0. The Kier molecular flexibility index (Phi) is 3.78. The first kappa shape index (κ1) is 13.8. The predicted octanol–water partition coefficient (Wildman–Crippen LogP) is 6.56. The van der Waals surface area contributed by atoms with Gasteiger partial charge in [0.05, 0.1) is 5.38 Å². The van der Waals surface area contributed by atoms with Crippen molar-refractivity contribution in [2.24, 2.45) is 0 Å². The van der Waals surface area contributed by atoms with Gasteiger partial charge in [-0.1, -0.05) is 24.6 Å². The van der Waals surface area contributed by atoms with Gasteiger partial charge in [-0.3, -0.25) is 0 Å². The Morgan fingerprint density at radius 1 is 1.05 bits per heavy atom. The highest BCUT2D eigenvalue weighted by atomic mass is 35.5. The molecule has 1 atom stereocenters. The summed E-state index contributed by atoms with van der Waals surface area (Å²) in [4.78, 5) is 2.90. The molecule has 0 saturated heterocycles. The van der Waals surface area contributed by atoms with Crippen LogP contribution in [0.3, 0.4) is 0 Å². The molecule has 2 aromatic heterocycles. The van der Waals surface area contributed by atoms with E-state index < -0.39 is 0 Å². The van der Waals surface area contributed by atoms with E-state index in [2.05, 4.69) is 35.7 Å². The Morgan fingerprint density at radius 3 is 2.86 bits per heavy atom. The molecule has 2 heterocycles. The van der Waals surface area contributed by atoms with Crippen molar-refractivity contribution in [3.05, 3.63) is 56.6 Å². The standard InChI is InChI=1S/C18H17ClS2/c19-18(14-11-20-16-9-5-4-7-13(14)16)17-10-12-6-2-1-3-8-15(12)21-17/h4-5,7,9-11,18H,1-3,6,8H2. The topological polar surface area (TPSA) is 0 Å². The van der Waals surface area contributed by atoms with Crippen molar-refractivity contribution < 1.29 is 0 Å². The molecule has 0 bridgehead atoms. The molecule has 1 aliphatic rings. The zero-order chi connectivity index (χ0) is 14.2. The summed E-state index contributed by atoms with van der Waals surface area (Å²) < 4.78 is 1.33. The van der Waals surface area contributed by atoms with E-state index in [1.54, 1.807) is 21.8 Å². The molecular weight excluding hydrogens is 316 g/mol. The lowest BCUT2D eigenvalue weighted by atomic mass is 10.1. The van der Waals surface area contributed by atoms with Crippen LogP contribution in [0.5, 0.6) is 0 Å². The summed E-state index contributed by atoms with van der Waals surface area (Å²) >= 11 is 10.6. The second-order valence-corrected chi connectivity index (χ2v) is 8.22. The Morgan fingerprint density at radius 2 is 1.90 bits per heavy atom. The molecule has 0 aliphatic heterocycles. The van der Waals surface area contributed by atoms with Crippen LogP contribution in [0, 0.1) is 0 Å². The molecule has 0 amide bonds. The summed E-state index contributed by atoms with van der Waals surface area (Å²) in [5.74, 6) is 0. The van der Waals surface area contributed by atoms with Crippen molar-refractivity contribution in [2.45, 2.75) is 37.5 Å². The second kappa shape index (κ2) is 5.75. The van der Waals surface area contributed by atoms with Crippen molar-refractivity contribution in [1.29, 1.82) is 0 Å². The van der Waals surface area contributed by atoms with E-state index in [0.29, 0.717) is 0 Å². The summed E-state index contributed by atoms with van der Waals surface area (Å²) in [5.41, 5.74) is 2.83. The van der Waals surface area contributed by atoms with Gasteiger partial charge in [0, 0.05) is 14.5 Å². The zero-order valence-electron chi connectivity index (χ0n) is 11.8. The number of alkyl halides is 1. The third kappa shape index (κ3) is 2.54. The first-order chi connectivity index (χ1) is 10.3. The van der Waals surface area contributed by atoms with Gasteiger partial charge in [-0.2, -0.15) is 0 Å². The van der Waals surface area contributed by atoms with Crippen molar-refractivity contribution in [3.8, 4) is 0 Å². The lowest BCUT2D eigenvalue weighted by Crippen LogP contribution is -1.88. The van der Waals surface area contributed by atoms with Crippen LogP contribution < -0.4 is 0 Å². The molecule has 21 heavy (non-hydrogen) atoms. The molecule has 0 nitrogen and oxygen atoms in total. The maximum absolute atomic E-state index is 6.83. The molecule has 1 aromatic carbocycles. The number of fused-ring (bicyclic) bond motifs is 2. The highest BCUT2D eigenvalue weighted by Crippen LogP contribution is 2.42. The van der Waals surface area contributed by atoms with Gasteiger partial charge in [0.15, 0.2) is 0 Å². The van der Waals surface area contributed by atoms with E-state index >= 15 is 0 Å². The second-order valence-electron chi connectivity index (χ2n) is 5.71. The van der Waals surface area contributed by atoms with Crippen molar-refractivity contribution in [3.63, 3.8) is 0 Å². The van der Waals surface area contributed by atoms with Crippen LogP contribution in [0.2, 0.25) is 0 Å². The van der Waals surface area contributed by atoms with Crippen LogP contribution in [-0.2, 0) is 12.8 Å². The number of aryl methyl sites for hydroxylation is 2. The number of halogens is 1.